The van der Waals surface area contributed by atoms with Crippen LogP contribution in [0.2, 0.25) is 0 Å². The summed E-state index contributed by atoms with van der Waals surface area (Å²) in [6.45, 7) is 3.53. The molecule has 0 bridgehead atoms. The van der Waals surface area contributed by atoms with Crippen LogP contribution in [-0.4, -0.2) is 28.0 Å². The molecule has 6 nitrogen and oxygen atoms in total. The van der Waals surface area contributed by atoms with Crippen molar-refractivity contribution in [2.75, 3.05) is 18.0 Å². The molecule has 1 aliphatic heterocycles. The molecule has 1 aliphatic carbocycles. The minimum Gasteiger partial charge on any atom is -0.487 e. The third kappa shape index (κ3) is 4.97. The van der Waals surface area contributed by atoms with Crippen molar-refractivity contribution >= 4 is 5.95 Å². The quantitative estimate of drug-likeness (QED) is 0.277. The van der Waals surface area contributed by atoms with Gasteiger partial charge in [-0.1, -0.05) is 30.3 Å². The molecule has 1 saturated heterocycles. The van der Waals surface area contributed by atoms with E-state index in [-0.39, 0.29) is 11.4 Å². The summed E-state index contributed by atoms with van der Waals surface area (Å²) in [7, 11) is 0. The number of anilines is 1. The Balaban J connectivity index is 1.08. The van der Waals surface area contributed by atoms with E-state index in [0.29, 0.717) is 31.5 Å². The number of nitrogens with zero attached hydrogens (tertiary/aromatic N) is 4. The first-order valence-electron chi connectivity index (χ1n) is 12.7. The first kappa shape index (κ1) is 24.5. The summed E-state index contributed by atoms with van der Waals surface area (Å²) in [6.07, 6.45) is -0.278. The van der Waals surface area contributed by atoms with Gasteiger partial charge in [0.1, 0.15) is 29.5 Å². The van der Waals surface area contributed by atoms with E-state index in [4.69, 9.17) is 9.15 Å². The van der Waals surface area contributed by atoms with Gasteiger partial charge in [-0.3, -0.25) is 0 Å². The van der Waals surface area contributed by atoms with Crippen LogP contribution in [0, 0.1) is 18.3 Å². The molecule has 2 aliphatic rings. The van der Waals surface area contributed by atoms with Crippen LogP contribution in [0.15, 0.2) is 71.3 Å². The number of hydrogen-bond donors (Lipinski definition) is 0. The van der Waals surface area contributed by atoms with Crippen molar-refractivity contribution in [2.24, 2.45) is 11.3 Å². The van der Waals surface area contributed by atoms with Gasteiger partial charge in [0, 0.05) is 24.8 Å². The summed E-state index contributed by atoms with van der Waals surface area (Å²) in [5.74, 6) is 2.54. The fraction of sp³-hybridized carbons (Fsp3) is 0.345. The Morgan fingerprint density at radius 2 is 1.79 bits per heavy atom. The van der Waals surface area contributed by atoms with E-state index in [2.05, 4.69) is 27.1 Å². The first-order valence-corrected chi connectivity index (χ1v) is 12.7. The minimum absolute atomic E-state index is 0.133. The van der Waals surface area contributed by atoms with E-state index < -0.39 is 11.9 Å². The third-order valence-electron chi connectivity index (χ3n) is 7.62. The Morgan fingerprint density at radius 3 is 2.50 bits per heavy atom. The molecule has 1 saturated carbocycles. The van der Waals surface area contributed by atoms with Gasteiger partial charge in [0.05, 0.1) is 0 Å². The minimum atomic E-state index is -4.48. The zero-order chi connectivity index (χ0) is 26.3. The SMILES string of the molecule is Cc1oc(-c2ccccc2)nc1COc1ccc(C[C@@H]2CN(c3nccc(C(F)(F)F)n3)CC23CC3)cc1. The Labute approximate surface area is 218 Å². The maximum absolute atomic E-state index is 13.1. The van der Waals surface area contributed by atoms with Crippen LogP contribution in [0.3, 0.4) is 0 Å². The second kappa shape index (κ2) is 9.45. The highest BCUT2D eigenvalue weighted by atomic mass is 19.4. The molecule has 2 aromatic carbocycles. The molecular formula is C29H27F3N4O2. The lowest BCUT2D eigenvalue weighted by Gasteiger charge is -2.17. The molecule has 2 fully saturated rings. The van der Waals surface area contributed by atoms with Crippen molar-refractivity contribution in [1.29, 1.82) is 0 Å². The van der Waals surface area contributed by atoms with Crippen LogP contribution in [0.25, 0.3) is 11.5 Å². The molecule has 196 valence electrons. The molecule has 0 amide bonds. The van der Waals surface area contributed by atoms with Crippen molar-refractivity contribution in [2.45, 2.75) is 39.0 Å². The van der Waals surface area contributed by atoms with Crippen molar-refractivity contribution in [3.8, 4) is 17.2 Å². The van der Waals surface area contributed by atoms with Gasteiger partial charge in [-0.25, -0.2) is 15.0 Å². The summed E-state index contributed by atoms with van der Waals surface area (Å²) in [6, 6.07) is 18.7. The Kier molecular flexibility index (Phi) is 6.08. The smallest absolute Gasteiger partial charge is 0.433 e. The van der Waals surface area contributed by atoms with Crippen LogP contribution >= 0.6 is 0 Å². The monoisotopic (exact) mass is 520 g/mol. The summed E-state index contributed by atoms with van der Waals surface area (Å²) in [5, 5.41) is 0. The van der Waals surface area contributed by atoms with Gasteiger partial charge < -0.3 is 14.1 Å². The van der Waals surface area contributed by atoms with Crippen molar-refractivity contribution in [1.82, 2.24) is 15.0 Å². The number of benzene rings is 2. The average molecular weight is 521 g/mol. The Bertz CT molecular complexity index is 1420. The van der Waals surface area contributed by atoms with E-state index in [1.165, 1.54) is 11.8 Å². The molecule has 9 heteroatoms. The number of alkyl halides is 3. The molecule has 38 heavy (non-hydrogen) atoms. The summed E-state index contributed by atoms with van der Waals surface area (Å²) < 4.78 is 51.2. The molecule has 6 rings (SSSR count). The molecule has 2 aromatic heterocycles. The second-order valence-electron chi connectivity index (χ2n) is 10.2. The van der Waals surface area contributed by atoms with Gasteiger partial charge in [-0.05, 0) is 73.4 Å². The number of aryl methyl sites for hydroxylation is 1. The molecular weight excluding hydrogens is 493 g/mol. The van der Waals surface area contributed by atoms with Crippen LogP contribution in [0.5, 0.6) is 5.75 Å². The molecule has 3 heterocycles. The normalized spacial score (nSPS) is 18.2. The van der Waals surface area contributed by atoms with Crippen LogP contribution < -0.4 is 9.64 Å². The molecule has 1 atom stereocenters. The molecule has 0 N–H and O–H groups in total. The predicted octanol–water partition coefficient (Wildman–Crippen LogP) is 6.50. The number of halogens is 3. The number of hydrogen-bond acceptors (Lipinski definition) is 6. The van der Waals surface area contributed by atoms with Crippen molar-refractivity contribution in [3.63, 3.8) is 0 Å². The van der Waals surface area contributed by atoms with Crippen LogP contribution in [-0.2, 0) is 19.2 Å². The fourth-order valence-corrected chi connectivity index (χ4v) is 5.28. The summed E-state index contributed by atoms with van der Waals surface area (Å²) in [4.78, 5) is 14.4. The first-order chi connectivity index (χ1) is 18.3. The zero-order valence-electron chi connectivity index (χ0n) is 20.9. The Morgan fingerprint density at radius 1 is 1.03 bits per heavy atom. The lowest BCUT2D eigenvalue weighted by atomic mass is 9.87. The van der Waals surface area contributed by atoms with E-state index in [9.17, 15) is 13.2 Å². The van der Waals surface area contributed by atoms with Gasteiger partial charge in [0.15, 0.2) is 0 Å². The Hall–Kier alpha value is -3.88. The third-order valence-corrected chi connectivity index (χ3v) is 7.62. The van der Waals surface area contributed by atoms with Crippen LogP contribution in [0.4, 0.5) is 19.1 Å². The average Bonchev–Trinajstić information content (AvgIpc) is 3.48. The number of oxazole rings is 1. The lowest BCUT2D eigenvalue weighted by Crippen LogP contribution is -2.24. The van der Waals surface area contributed by atoms with E-state index in [1.54, 1.807) is 0 Å². The van der Waals surface area contributed by atoms with Crippen molar-refractivity contribution < 1.29 is 22.3 Å². The molecule has 0 radical (unpaired) electrons. The van der Waals surface area contributed by atoms with Crippen molar-refractivity contribution in [3.05, 3.63) is 89.6 Å². The number of ether oxygens (including phenoxy) is 1. The maximum Gasteiger partial charge on any atom is 0.433 e. The van der Waals surface area contributed by atoms with Gasteiger partial charge in [0.25, 0.3) is 0 Å². The van der Waals surface area contributed by atoms with E-state index in [1.807, 2.05) is 54.3 Å². The summed E-state index contributed by atoms with van der Waals surface area (Å²) >= 11 is 0. The number of rotatable bonds is 7. The highest BCUT2D eigenvalue weighted by Gasteiger charge is 2.55. The topological polar surface area (TPSA) is 64.3 Å². The highest BCUT2D eigenvalue weighted by Crippen LogP contribution is 2.57. The lowest BCUT2D eigenvalue weighted by molar-refractivity contribution is -0.141. The zero-order valence-corrected chi connectivity index (χ0v) is 20.9. The highest BCUT2D eigenvalue weighted by molar-refractivity contribution is 5.53. The predicted molar refractivity (Wildman–Crippen MR) is 136 cm³/mol. The fourth-order valence-electron chi connectivity index (χ4n) is 5.28. The van der Waals surface area contributed by atoms with E-state index in [0.717, 1.165) is 48.1 Å². The van der Waals surface area contributed by atoms with Crippen LogP contribution in [0.1, 0.15) is 35.6 Å². The van der Waals surface area contributed by atoms with Gasteiger partial charge in [-0.15, -0.1) is 0 Å². The molecule has 4 aromatic rings. The standard InChI is InChI=1S/C29H27F3N4O2/c1-19-24(34-26(38-19)21-5-3-2-4-6-21)17-37-23-9-7-20(8-10-23)15-22-16-36(18-28(22)12-13-28)27-33-14-11-25(35-27)29(30,31)32/h2-11,14,22H,12-13,15-18H2,1H3/t22-/m1/s1. The maximum atomic E-state index is 13.1. The second-order valence-corrected chi connectivity index (χ2v) is 10.2. The number of aromatic nitrogens is 3. The van der Waals surface area contributed by atoms with Gasteiger partial charge in [0.2, 0.25) is 11.8 Å². The van der Waals surface area contributed by atoms with E-state index >= 15 is 0 Å². The molecule has 1 spiro atoms. The largest absolute Gasteiger partial charge is 0.487 e. The van der Waals surface area contributed by atoms with Gasteiger partial charge in [-0.2, -0.15) is 13.2 Å². The van der Waals surface area contributed by atoms with Gasteiger partial charge >= 0.3 is 6.18 Å². The molecule has 0 unspecified atom stereocenters. The summed E-state index contributed by atoms with van der Waals surface area (Å²) in [5.41, 5.74) is 2.08.